The van der Waals surface area contributed by atoms with Gasteiger partial charge < -0.3 is 9.64 Å². The highest BCUT2D eigenvalue weighted by Crippen LogP contribution is 2.21. The van der Waals surface area contributed by atoms with Gasteiger partial charge >= 0.3 is 5.97 Å². The molecule has 0 aliphatic rings. The molecule has 0 spiro atoms. The van der Waals surface area contributed by atoms with Crippen molar-refractivity contribution in [3.63, 3.8) is 0 Å². The maximum atomic E-state index is 11.9. The fourth-order valence-electron chi connectivity index (χ4n) is 1.71. The standard InChI is InChI=1S/C16H17NO2/c1-3-17(2)14-10-7-11-15(12-14)19-16(18)13-8-5-4-6-9-13/h4-12H,3H2,1-2H3. The third-order valence-electron chi connectivity index (χ3n) is 2.95. The molecular weight excluding hydrogens is 238 g/mol. The minimum absolute atomic E-state index is 0.336. The predicted octanol–water partition coefficient (Wildman–Crippen LogP) is 3.36. The van der Waals surface area contributed by atoms with Gasteiger partial charge in [0.25, 0.3) is 0 Å². The third kappa shape index (κ3) is 3.35. The molecule has 3 nitrogen and oxygen atoms in total. The minimum atomic E-state index is -0.336. The van der Waals surface area contributed by atoms with Crippen LogP contribution in [0.25, 0.3) is 0 Å². The summed E-state index contributed by atoms with van der Waals surface area (Å²) in [4.78, 5) is 14.0. The molecule has 0 unspecified atom stereocenters. The van der Waals surface area contributed by atoms with Gasteiger partial charge in [-0.05, 0) is 31.2 Å². The monoisotopic (exact) mass is 255 g/mol. The van der Waals surface area contributed by atoms with Crippen LogP contribution < -0.4 is 9.64 Å². The number of rotatable bonds is 4. The molecule has 0 bridgehead atoms. The van der Waals surface area contributed by atoms with Crippen LogP contribution in [0.2, 0.25) is 0 Å². The lowest BCUT2D eigenvalue weighted by atomic mass is 10.2. The average Bonchev–Trinajstić information content (AvgIpc) is 2.47. The van der Waals surface area contributed by atoms with Crippen LogP contribution >= 0.6 is 0 Å². The summed E-state index contributed by atoms with van der Waals surface area (Å²) in [6.07, 6.45) is 0. The lowest BCUT2D eigenvalue weighted by molar-refractivity contribution is 0.0735. The first-order chi connectivity index (χ1) is 9.20. The molecular formula is C16H17NO2. The number of hydrogen-bond acceptors (Lipinski definition) is 3. The van der Waals surface area contributed by atoms with Crippen molar-refractivity contribution in [3.05, 3.63) is 60.2 Å². The third-order valence-corrected chi connectivity index (χ3v) is 2.95. The fraction of sp³-hybridized carbons (Fsp3) is 0.188. The number of benzene rings is 2. The van der Waals surface area contributed by atoms with E-state index in [2.05, 4.69) is 11.8 Å². The maximum absolute atomic E-state index is 11.9. The van der Waals surface area contributed by atoms with E-state index >= 15 is 0 Å². The molecule has 0 saturated heterocycles. The molecule has 0 fully saturated rings. The molecule has 0 saturated carbocycles. The molecule has 2 aromatic rings. The number of nitrogens with zero attached hydrogens (tertiary/aromatic N) is 1. The Morgan fingerprint density at radius 2 is 1.84 bits per heavy atom. The van der Waals surface area contributed by atoms with Crippen LogP contribution in [-0.4, -0.2) is 19.6 Å². The van der Waals surface area contributed by atoms with Crippen molar-refractivity contribution < 1.29 is 9.53 Å². The Bertz CT molecular complexity index is 552. The summed E-state index contributed by atoms with van der Waals surface area (Å²) in [5.74, 6) is 0.226. The van der Waals surface area contributed by atoms with Crippen molar-refractivity contribution in [2.75, 3.05) is 18.5 Å². The summed E-state index contributed by atoms with van der Waals surface area (Å²) in [6.45, 7) is 2.97. The molecule has 0 N–H and O–H groups in total. The highest BCUT2D eigenvalue weighted by Gasteiger charge is 2.08. The Labute approximate surface area is 113 Å². The van der Waals surface area contributed by atoms with Crippen LogP contribution in [0.1, 0.15) is 17.3 Å². The Hall–Kier alpha value is -2.29. The fourth-order valence-corrected chi connectivity index (χ4v) is 1.71. The number of hydrogen-bond donors (Lipinski definition) is 0. The zero-order valence-corrected chi connectivity index (χ0v) is 11.2. The summed E-state index contributed by atoms with van der Waals surface area (Å²) < 4.78 is 5.37. The molecule has 0 heterocycles. The first kappa shape index (κ1) is 13.1. The Balaban J connectivity index is 2.13. The zero-order valence-electron chi connectivity index (χ0n) is 11.2. The van der Waals surface area contributed by atoms with E-state index in [1.54, 1.807) is 18.2 Å². The Kier molecular flexibility index (Phi) is 4.18. The molecule has 19 heavy (non-hydrogen) atoms. The highest BCUT2D eigenvalue weighted by molar-refractivity contribution is 5.91. The Morgan fingerprint density at radius 3 is 2.53 bits per heavy atom. The molecule has 3 heteroatoms. The van der Waals surface area contributed by atoms with Gasteiger partial charge in [-0.3, -0.25) is 0 Å². The van der Waals surface area contributed by atoms with Gasteiger partial charge in [0.15, 0.2) is 0 Å². The van der Waals surface area contributed by atoms with Crippen LogP contribution in [0.3, 0.4) is 0 Å². The van der Waals surface area contributed by atoms with Gasteiger partial charge in [0.2, 0.25) is 0 Å². The second kappa shape index (κ2) is 6.05. The second-order valence-corrected chi connectivity index (χ2v) is 4.27. The van der Waals surface area contributed by atoms with Gasteiger partial charge in [0.1, 0.15) is 5.75 Å². The van der Waals surface area contributed by atoms with Gasteiger partial charge in [-0.1, -0.05) is 24.3 Å². The normalized spacial score (nSPS) is 10.0. The summed E-state index contributed by atoms with van der Waals surface area (Å²) in [5, 5.41) is 0. The quantitative estimate of drug-likeness (QED) is 0.619. The molecule has 0 atom stereocenters. The van der Waals surface area contributed by atoms with Gasteiger partial charge in [0, 0.05) is 25.3 Å². The topological polar surface area (TPSA) is 29.5 Å². The van der Waals surface area contributed by atoms with E-state index in [9.17, 15) is 4.79 Å². The van der Waals surface area contributed by atoms with Crippen LogP contribution in [0.5, 0.6) is 5.75 Å². The van der Waals surface area contributed by atoms with Gasteiger partial charge in [-0.15, -0.1) is 0 Å². The smallest absolute Gasteiger partial charge is 0.343 e. The van der Waals surface area contributed by atoms with Gasteiger partial charge in [-0.2, -0.15) is 0 Å². The summed E-state index contributed by atoms with van der Waals surface area (Å²) >= 11 is 0. The number of carbonyl (C=O) groups is 1. The predicted molar refractivity (Wildman–Crippen MR) is 76.8 cm³/mol. The van der Waals surface area contributed by atoms with Crippen LogP contribution in [0, 0.1) is 0 Å². The first-order valence-electron chi connectivity index (χ1n) is 6.29. The maximum Gasteiger partial charge on any atom is 0.343 e. The largest absolute Gasteiger partial charge is 0.423 e. The van der Waals surface area contributed by atoms with E-state index in [0.29, 0.717) is 11.3 Å². The molecule has 0 aliphatic carbocycles. The molecule has 98 valence electrons. The van der Waals surface area contributed by atoms with Crippen molar-refractivity contribution in [2.24, 2.45) is 0 Å². The minimum Gasteiger partial charge on any atom is -0.423 e. The Morgan fingerprint density at radius 1 is 1.11 bits per heavy atom. The zero-order chi connectivity index (χ0) is 13.7. The van der Waals surface area contributed by atoms with Crippen molar-refractivity contribution in [1.29, 1.82) is 0 Å². The number of carbonyl (C=O) groups excluding carboxylic acids is 1. The number of esters is 1. The van der Waals surface area contributed by atoms with Crippen LogP contribution in [0.15, 0.2) is 54.6 Å². The summed E-state index contributed by atoms with van der Waals surface area (Å²) in [7, 11) is 2.00. The van der Waals surface area contributed by atoms with Gasteiger partial charge in [0.05, 0.1) is 5.56 Å². The van der Waals surface area contributed by atoms with Crippen molar-refractivity contribution in [3.8, 4) is 5.75 Å². The van der Waals surface area contributed by atoms with Crippen LogP contribution in [-0.2, 0) is 0 Å². The van der Waals surface area contributed by atoms with Crippen molar-refractivity contribution in [2.45, 2.75) is 6.92 Å². The molecule has 0 amide bonds. The number of ether oxygens (including phenoxy) is 1. The van der Waals surface area contributed by atoms with E-state index in [-0.39, 0.29) is 5.97 Å². The highest BCUT2D eigenvalue weighted by atomic mass is 16.5. The molecule has 2 aromatic carbocycles. The molecule has 0 aliphatic heterocycles. The molecule has 0 radical (unpaired) electrons. The van der Waals surface area contributed by atoms with E-state index in [1.165, 1.54) is 0 Å². The lowest BCUT2D eigenvalue weighted by Crippen LogP contribution is -2.16. The lowest BCUT2D eigenvalue weighted by Gasteiger charge is -2.17. The van der Waals surface area contributed by atoms with Crippen molar-refractivity contribution >= 4 is 11.7 Å². The van der Waals surface area contributed by atoms with E-state index in [0.717, 1.165) is 12.2 Å². The van der Waals surface area contributed by atoms with E-state index < -0.39 is 0 Å². The second-order valence-electron chi connectivity index (χ2n) is 4.27. The summed E-state index contributed by atoms with van der Waals surface area (Å²) in [6, 6.07) is 16.5. The molecule has 0 aromatic heterocycles. The van der Waals surface area contributed by atoms with Crippen molar-refractivity contribution in [1.82, 2.24) is 0 Å². The van der Waals surface area contributed by atoms with Gasteiger partial charge in [-0.25, -0.2) is 4.79 Å². The van der Waals surface area contributed by atoms with Crippen LogP contribution in [0.4, 0.5) is 5.69 Å². The van der Waals surface area contributed by atoms with E-state index in [4.69, 9.17) is 4.74 Å². The first-order valence-corrected chi connectivity index (χ1v) is 6.29. The molecule has 2 rings (SSSR count). The SMILES string of the molecule is CCN(C)c1cccc(OC(=O)c2ccccc2)c1. The average molecular weight is 255 g/mol. The van der Waals surface area contributed by atoms with E-state index in [1.807, 2.05) is 43.4 Å². The number of anilines is 1. The summed E-state index contributed by atoms with van der Waals surface area (Å²) in [5.41, 5.74) is 1.58.